The van der Waals surface area contributed by atoms with Crippen LogP contribution in [0.5, 0.6) is 0 Å². The second kappa shape index (κ2) is 7.68. The van der Waals surface area contributed by atoms with Gasteiger partial charge >= 0.3 is 6.03 Å². The van der Waals surface area contributed by atoms with E-state index in [1.165, 1.54) is 5.56 Å². The summed E-state index contributed by atoms with van der Waals surface area (Å²) < 4.78 is 5.43. The van der Waals surface area contributed by atoms with Crippen LogP contribution in [0.2, 0.25) is 0 Å². The van der Waals surface area contributed by atoms with Gasteiger partial charge in [0.05, 0.1) is 18.3 Å². The highest BCUT2D eigenvalue weighted by Crippen LogP contribution is 2.25. The fourth-order valence-corrected chi connectivity index (χ4v) is 3.26. The number of carbonyl (C=O) groups is 1. The zero-order valence-electron chi connectivity index (χ0n) is 15.2. The highest BCUT2D eigenvalue weighted by Gasteiger charge is 2.22. The molecule has 2 aromatic rings. The van der Waals surface area contributed by atoms with Crippen LogP contribution >= 0.6 is 0 Å². The van der Waals surface area contributed by atoms with Crippen molar-refractivity contribution in [3.63, 3.8) is 0 Å². The number of nitrogens with zero attached hydrogens (tertiary/aromatic N) is 3. The summed E-state index contributed by atoms with van der Waals surface area (Å²) in [7, 11) is 1.79. The summed E-state index contributed by atoms with van der Waals surface area (Å²) in [6.45, 7) is 4.53. The van der Waals surface area contributed by atoms with Crippen LogP contribution in [0, 0.1) is 6.92 Å². The summed E-state index contributed by atoms with van der Waals surface area (Å²) in [6.07, 6.45) is 6.83. The molecule has 0 aromatic carbocycles. The summed E-state index contributed by atoms with van der Waals surface area (Å²) in [5.74, 6) is 0.991. The lowest BCUT2D eigenvalue weighted by molar-refractivity contribution is 0.200. The molecule has 0 saturated carbocycles. The van der Waals surface area contributed by atoms with Crippen molar-refractivity contribution in [1.29, 1.82) is 0 Å². The van der Waals surface area contributed by atoms with Crippen LogP contribution < -0.4 is 5.32 Å². The molecule has 2 aromatic heterocycles. The minimum absolute atomic E-state index is 0.0962. The minimum Gasteiger partial charge on any atom is -0.361 e. The van der Waals surface area contributed by atoms with Crippen LogP contribution in [0.15, 0.2) is 22.9 Å². The molecule has 0 aliphatic heterocycles. The van der Waals surface area contributed by atoms with Crippen molar-refractivity contribution >= 4 is 6.03 Å². The van der Waals surface area contributed by atoms with Gasteiger partial charge in [0.1, 0.15) is 11.5 Å². The molecule has 0 spiro atoms. The first kappa shape index (κ1) is 17.5. The third-order valence-corrected chi connectivity index (χ3v) is 4.76. The quantitative estimate of drug-likeness (QED) is 0.902. The van der Waals surface area contributed by atoms with Crippen LogP contribution in [-0.4, -0.2) is 28.1 Å². The minimum atomic E-state index is -0.122. The summed E-state index contributed by atoms with van der Waals surface area (Å²) >= 11 is 0. The Labute approximate surface area is 148 Å². The van der Waals surface area contributed by atoms with Crippen molar-refractivity contribution in [2.45, 2.75) is 58.5 Å². The van der Waals surface area contributed by atoms with Gasteiger partial charge in [-0.05, 0) is 50.3 Å². The van der Waals surface area contributed by atoms with Crippen LogP contribution in [0.3, 0.4) is 0 Å². The standard InChI is InChI=1S/C19H26N4O2/c1-4-15(16-11-13(2)9-10-20-16)21-19(24)23(3)12-17-14-7-5-6-8-18(14)25-22-17/h9-11,15H,4-8,12H2,1-3H3,(H,21,24)/t15-/m1/s1. The van der Waals surface area contributed by atoms with Gasteiger partial charge in [-0.2, -0.15) is 0 Å². The van der Waals surface area contributed by atoms with Crippen molar-refractivity contribution in [2.24, 2.45) is 0 Å². The highest BCUT2D eigenvalue weighted by atomic mass is 16.5. The number of rotatable bonds is 5. The highest BCUT2D eigenvalue weighted by molar-refractivity contribution is 5.74. The molecular formula is C19H26N4O2. The molecule has 1 atom stereocenters. The van der Waals surface area contributed by atoms with Crippen molar-refractivity contribution < 1.29 is 9.32 Å². The number of pyridine rings is 1. The lowest BCUT2D eigenvalue weighted by Gasteiger charge is -2.22. The maximum atomic E-state index is 12.6. The van der Waals surface area contributed by atoms with Crippen molar-refractivity contribution in [1.82, 2.24) is 20.4 Å². The van der Waals surface area contributed by atoms with E-state index in [0.717, 1.165) is 54.8 Å². The number of hydrogen-bond acceptors (Lipinski definition) is 4. The number of urea groups is 1. The third-order valence-electron chi connectivity index (χ3n) is 4.76. The molecule has 0 saturated heterocycles. The normalized spacial score (nSPS) is 14.7. The molecule has 1 aliphatic rings. The Kier molecular flexibility index (Phi) is 5.36. The molecule has 0 unspecified atom stereocenters. The van der Waals surface area contributed by atoms with Crippen LogP contribution in [-0.2, 0) is 19.4 Å². The smallest absolute Gasteiger partial charge is 0.318 e. The number of amides is 2. The molecule has 6 nitrogen and oxygen atoms in total. The van der Waals surface area contributed by atoms with E-state index in [1.54, 1.807) is 18.1 Å². The number of nitrogens with one attached hydrogen (secondary N) is 1. The summed E-state index contributed by atoms with van der Waals surface area (Å²) in [5, 5.41) is 7.25. The molecule has 25 heavy (non-hydrogen) atoms. The molecule has 3 rings (SSSR count). The number of aryl methyl sites for hydroxylation is 2. The number of carbonyl (C=O) groups excluding carboxylic acids is 1. The topological polar surface area (TPSA) is 71.3 Å². The van der Waals surface area contributed by atoms with Crippen LogP contribution in [0.4, 0.5) is 4.79 Å². The van der Waals surface area contributed by atoms with E-state index in [-0.39, 0.29) is 12.1 Å². The second-order valence-electron chi connectivity index (χ2n) is 6.76. The molecule has 0 radical (unpaired) electrons. The second-order valence-corrected chi connectivity index (χ2v) is 6.76. The molecule has 1 N–H and O–H groups in total. The predicted molar refractivity (Wildman–Crippen MR) is 95.1 cm³/mol. The molecule has 0 bridgehead atoms. The van der Waals surface area contributed by atoms with E-state index in [4.69, 9.17) is 4.52 Å². The van der Waals surface area contributed by atoms with Gasteiger partial charge in [-0.25, -0.2) is 4.79 Å². The largest absolute Gasteiger partial charge is 0.361 e. The maximum absolute atomic E-state index is 12.6. The Hall–Kier alpha value is -2.37. The zero-order valence-corrected chi connectivity index (χ0v) is 15.2. The summed E-state index contributed by atoms with van der Waals surface area (Å²) in [5.41, 5.74) is 4.11. The predicted octanol–water partition coefficient (Wildman–Crippen LogP) is 3.55. The lowest BCUT2D eigenvalue weighted by Crippen LogP contribution is -2.39. The van der Waals surface area contributed by atoms with Gasteiger partial charge in [0.25, 0.3) is 0 Å². The Balaban J connectivity index is 1.65. The monoisotopic (exact) mass is 342 g/mol. The van der Waals surface area contributed by atoms with Gasteiger partial charge < -0.3 is 14.7 Å². The number of fused-ring (bicyclic) bond motifs is 1. The lowest BCUT2D eigenvalue weighted by atomic mass is 9.96. The van der Waals surface area contributed by atoms with Gasteiger partial charge in [-0.1, -0.05) is 12.1 Å². The van der Waals surface area contributed by atoms with E-state index >= 15 is 0 Å². The van der Waals surface area contributed by atoms with E-state index in [1.807, 2.05) is 26.0 Å². The third kappa shape index (κ3) is 4.00. The first-order chi connectivity index (χ1) is 12.1. The molecule has 134 valence electrons. The van der Waals surface area contributed by atoms with Crippen LogP contribution in [0.25, 0.3) is 0 Å². The molecule has 2 heterocycles. The molecule has 6 heteroatoms. The fraction of sp³-hybridized carbons (Fsp3) is 0.526. The van der Waals surface area contributed by atoms with Crippen molar-refractivity contribution in [2.75, 3.05) is 7.05 Å². The SMILES string of the molecule is CC[C@@H](NC(=O)N(C)Cc1noc2c1CCCC2)c1cc(C)ccn1. The van der Waals surface area contributed by atoms with E-state index in [9.17, 15) is 4.79 Å². The zero-order chi connectivity index (χ0) is 17.8. The molecule has 1 aliphatic carbocycles. The number of aromatic nitrogens is 2. The Morgan fingerprint density at radius 1 is 1.40 bits per heavy atom. The van der Waals surface area contributed by atoms with Gasteiger partial charge in [0.15, 0.2) is 0 Å². The first-order valence-corrected chi connectivity index (χ1v) is 8.99. The van der Waals surface area contributed by atoms with E-state index < -0.39 is 0 Å². The molecular weight excluding hydrogens is 316 g/mol. The van der Waals surface area contributed by atoms with Crippen molar-refractivity contribution in [3.05, 3.63) is 46.6 Å². The Bertz CT molecular complexity index is 741. The van der Waals surface area contributed by atoms with Gasteiger partial charge in [-0.3, -0.25) is 4.98 Å². The van der Waals surface area contributed by atoms with E-state index in [0.29, 0.717) is 6.54 Å². The van der Waals surface area contributed by atoms with Gasteiger partial charge in [-0.15, -0.1) is 0 Å². The summed E-state index contributed by atoms with van der Waals surface area (Å²) in [6, 6.07) is 3.75. The van der Waals surface area contributed by atoms with Gasteiger partial charge in [0.2, 0.25) is 0 Å². The first-order valence-electron chi connectivity index (χ1n) is 8.99. The van der Waals surface area contributed by atoms with E-state index in [2.05, 4.69) is 15.5 Å². The van der Waals surface area contributed by atoms with Crippen molar-refractivity contribution in [3.8, 4) is 0 Å². The maximum Gasteiger partial charge on any atom is 0.318 e. The van der Waals surface area contributed by atoms with Gasteiger partial charge in [0, 0.05) is 25.2 Å². The average Bonchev–Trinajstić information content (AvgIpc) is 3.02. The fourth-order valence-electron chi connectivity index (χ4n) is 3.26. The van der Waals surface area contributed by atoms with Crippen LogP contribution in [0.1, 0.15) is 60.5 Å². The average molecular weight is 342 g/mol. The Morgan fingerprint density at radius 2 is 2.20 bits per heavy atom. The Morgan fingerprint density at radius 3 is 2.96 bits per heavy atom. The molecule has 0 fully saturated rings. The summed E-state index contributed by atoms with van der Waals surface area (Å²) in [4.78, 5) is 18.6. The number of hydrogen-bond donors (Lipinski definition) is 1. The molecule has 2 amide bonds.